The van der Waals surface area contributed by atoms with Crippen molar-refractivity contribution in [2.75, 3.05) is 11.9 Å². The number of nitrogens with one attached hydrogen (secondary N) is 1. The number of hydrogen-bond donors (Lipinski definition) is 1. The zero-order valence-electron chi connectivity index (χ0n) is 15.1. The lowest BCUT2D eigenvalue weighted by Gasteiger charge is -2.23. The molecule has 1 saturated heterocycles. The number of aromatic nitrogens is 1. The van der Waals surface area contributed by atoms with Crippen LogP contribution in [-0.4, -0.2) is 28.4 Å². The normalized spacial score (nSPS) is 24.5. The van der Waals surface area contributed by atoms with Gasteiger partial charge < -0.3 is 14.7 Å². The van der Waals surface area contributed by atoms with Crippen molar-refractivity contribution < 1.29 is 14.1 Å². The first kappa shape index (κ1) is 16.8. The summed E-state index contributed by atoms with van der Waals surface area (Å²) in [5, 5.41) is 7.02. The molecule has 0 bridgehead atoms. The molecule has 0 spiro atoms. The number of nitrogens with zero attached hydrogens (tertiary/aromatic N) is 2. The molecule has 2 fully saturated rings. The summed E-state index contributed by atoms with van der Waals surface area (Å²) in [6, 6.07) is 9.03. The fraction of sp³-hybridized carbons (Fsp3) is 0.450. The Hall–Kier alpha value is -2.63. The molecule has 2 heterocycles. The van der Waals surface area contributed by atoms with Gasteiger partial charge in [-0.2, -0.15) is 0 Å². The van der Waals surface area contributed by atoms with Gasteiger partial charge in [-0.3, -0.25) is 9.59 Å². The van der Waals surface area contributed by atoms with Gasteiger partial charge in [-0.25, -0.2) is 0 Å². The Morgan fingerprint density at radius 2 is 2.12 bits per heavy atom. The average Bonchev–Trinajstić information content (AvgIpc) is 3.00. The summed E-state index contributed by atoms with van der Waals surface area (Å²) in [6.45, 7) is 4.62. The molecule has 6 nitrogen and oxygen atoms in total. The third-order valence-corrected chi connectivity index (χ3v) is 5.32. The van der Waals surface area contributed by atoms with Crippen LogP contribution >= 0.6 is 0 Å². The van der Waals surface area contributed by atoms with Crippen LogP contribution in [0.5, 0.6) is 0 Å². The number of hydrogen-bond acceptors (Lipinski definition) is 4. The van der Waals surface area contributed by atoms with Gasteiger partial charge in [-0.15, -0.1) is 0 Å². The molecular weight excluding hydrogens is 330 g/mol. The lowest BCUT2D eigenvalue weighted by Crippen LogP contribution is -2.30. The van der Waals surface area contributed by atoms with Crippen molar-refractivity contribution in [3.8, 4) is 0 Å². The zero-order chi connectivity index (χ0) is 18.3. The summed E-state index contributed by atoms with van der Waals surface area (Å²) in [7, 11) is 0. The molecule has 3 atom stereocenters. The van der Waals surface area contributed by atoms with Crippen LogP contribution in [0, 0.1) is 18.8 Å². The number of rotatable bonds is 4. The first-order valence-corrected chi connectivity index (χ1v) is 9.18. The van der Waals surface area contributed by atoms with Gasteiger partial charge >= 0.3 is 0 Å². The molecule has 2 aromatic rings. The van der Waals surface area contributed by atoms with E-state index in [-0.39, 0.29) is 23.8 Å². The van der Waals surface area contributed by atoms with Crippen molar-refractivity contribution in [2.24, 2.45) is 11.8 Å². The molecule has 26 heavy (non-hydrogen) atoms. The largest absolute Gasteiger partial charge is 0.361 e. The van der Waals surface area contributed by atoms with E-state index in [9.17, 15) is 9.59 Å². The first-order valence-electron chi connectivity index (χ1n) is 9.18. The number of likely N-dealkylation sites (tertiary alicyclic amines) is 1. The van der Waals surface area contributed by atoms with E-state index in [2.05, 4.69) is 17.4 Å². The number of anilines is 1. The summed E-state index contributed by atoms with van der Waals surface area (Å²) < 4.78 is 5.18. The summed E-state index contributed by atoms with van der Waals surface area (Å²) in [5.41, 5.74) is 2.06. The SMILES string of the molecule is Cc1cc([C@@H]2CCCN2C(=O)c2cccc(NC(=O)[C@H]3C[C@@H]3C)c2)no1. The fourth-order valence-corrected chi connectivity index (χ4v) is 3.68. The van der Waals surface area contributed by atoms with Crippen LogP contribution in [0.4, 0.5) is 5.69 Å². The molecule has 1 saturated carbocycles. The smallest absolute Gasteiger partial charge is 0.254 e. The van der Waals surface area contributed by atoms with Gasteiger partial charge in [0.2, 0.25) is 5.91 Å². The molecule has 0 radical (unpaired) electrons. The van der Waals surface area contributed by atoms with Crippen LogP contribution in [0.1, 0.15) is 54.0 Å². The molecule has 1 aromatic heterocycles. The van der Waals surface area contributed by atoms with Crippen LogP contribution in [0.15, 0.2) is 34.9 Å². The van der Waals surface area contributed by atoms with E-state index in [1.54, 1.807) is 12.1 Å². The maximum absolute atomic E-state index is 13.0. The van der Waals surface area contributed by atoms with Gasteiger partial charge in [-0.1, -0.05) is 18.1 Å². The highest BCUT2D eigenvalue weighted by Gasteiger charge is 2.39. The number of amides is 2. The predicted molar refractivity (Wildman–Crippen MR) is 96.6 cm³/mol. The third-order valence-electron chi connectivity index (χ3n) is 5.32. The molecule has 1 aromatic carbocycles. The Morgan fingerprint density at radius 3 is 2.81 bits per heavy atom. The zero-order valence-corrected chi connectivity index (χ0v) is 15.1. The van der Waals surface area contributed by atoms with Crippen molar-refractivity contribution in [1.29, 1.82) is 0 Å². The minimum absolute atomic E-state index is 0.0379. The molecule has 2 aliphatic rings. The van der Waals surface area contributed by atoms with Crippen LogP contribution < -0.4 is 5.32 Å². The Labute approximate surface area is 152 Å². The molecule has 1 aliphatic heterocycles. The van der Waals surface area contributed by atoms with Crippen molar-refractivity contribution in [1.82, 2.24) is 10.1 Å². The molecule has 4 rings (SSSR count). The first-order chi connectivity index (χ1) is 12.5. The highest BCUT2D eigenvalue weighted by Crippen LogP contribution is 2.38. The third kappa shape index (κ3) is 3.23. The predicted octanol–water partition coefficient (Wildman–Crippen LogP) is 3.55. The van der Waals surface area contributed by atoms with Gasteiger partial charge in [0.05, 0.1) is 6.04 Å². The summed E-state index contributed by atoms with van der Waals surface area (Å²) in [4.78, 5) is 27.0. The monoisotopic (exact) mass is 353 g/mol. The van der Waals surface area contributed by atoms with Gasteiger partial charge in [0.15, 0.2) is 0 Å². The second-order valence-corrected chi connectivity index (χ2v) is 7.41. The van der Waals surface area contributed by atoms with Crippen LogP contribution in [0.25, 0.3) is 0 Å². The topological polar surface area (TPSA) is 75.4 Å². The Balaban J connectivity index is 1.50. The molecule has 0 unspecified atom stereocenters. The van der Waals surface area contributed by atoms with E-state index in [0.717, 1.165) is 30.7 Å². The van der Waals surface area contributed by atoms with Crippen molar-refractivity contribution in [3.63, 3.8) is 0 Å². The van der Waals surface area contributed by atoms with Crippen LogP contribution in [0.3, 0.4) is 0 Å². The van der Waals surface area contributed by atoms with Crippen LogP contribution in [0.2, 0.25) is 0 Å². The standard InChI is InChI=1S/C20H23N3O3/c1-12-9-16(12)19(24)21-15-6-3-5-14(11-15)20(25)23-8-4-7-18(23)17-10-13(2)26-22-17/h3,5-6,10-12,16,18H,4,7-9H2,1-2H3,(H,21,24)/t12-,16-,18-/m0/s1. The lowest BCUT2D eigenvalue weighted by molar-refractivity contribution is -0.117. The van der Waals surface area contributed by atoms with Gasteiger partial charge in [0, 0.05) is 29.8 Å². The van der Waals surface area contributed by atoms with E-state index >= 15 is 0 Å². The van der Waals surface area contributed by atoms with E-state index in [1.165, 1.54) is 0 Å². The molecule has 136 valence electrons. The summed E-state index contributed by atoms with van der Waals surface area (Å²) in [5.74, 6) is 1.31. The maximum atomic E-state index is 13.0. The quantitative estimate of drug-likeness (QED) is 0.912. The Kier molecular flexibility index (Phi) is 4.26. The minimum Gasteiger partial charge on any atom is -0.361 e. The second kappa shape index (κ2) is 6.59. The molecular formula is C20H23N3O3. The van der Waals surface area contributed by atoms with E-state index in [1.807, 2.05) is 30.0 Å². The highest BCUT2D eigenvalue weighted by atomic mass is 16.5. The van der Waals surface area contributed by atoms with Crippen molar-refractivity contribution in [2.45, 2.75) is 39.2 Å². The maximum Gasteiger partial charge on any atom is 0.254 e. The van der Waals surface area contributed by atoms with Gasteiger partial charge in [0.1, 0.15) is 11.5 Å². The number of carbonyl (C=O) groups excluding carboxylic acids is 2. The van der Waals surface area contributed by atoms with E-state index in [4.69, 9.17) is 4.52 Å². The second-order valence-electron chi connectivity index (χ2n) is 7.41. The van der Waals surface area contributed by atoms with Gasteiger partial charge in [-0.05, 0) is 50.3 Å². The molecule has 6 heteroatoms. The molecule has 1 N–H and O–H groups in total. The fourth-order valence-electron chi connectivity index (χ4n) is 3.68. The van der Waals surface area contributed by atoms with E-state index in [0.29, 0.717) is 23.7 Å². The van der Waals surface area contributed by atoms with E-state index < -0.39 is 0 Å². The Morgan fingerprint density at radius 1 is 1.31 bits per heavy atom. The number of carbonyl (C=O) groups is 2. The number of benzene rings is 1. The summed E-state index contributed by atoms with van der Waals surface area (Å²) in [6.07, 6.45) is 2.77. The molecule has 1 aliphatic carbocycles. The average molecular weight is 353 g/mol. The van der Waals surface area contributed by atoms with Crippen molar-refractivity contribution in [3.05, 3.63) is 47.3 Å². The number of aryl methyl sites for hydroxylation is 1. The van der Waals surface area contributed by atoms with Gasteiger partial charge in [0.25, 0.3) is 5.91 Å². The van der Waals surface area contributed by atoms with Crippen LogP contribution in [-0.2, 0) is 4.79 Å². The Bertz CT molecular complexity index is 844. The molecule has 2 amide bonds. The highest BCUT2D eigenvalue weighted by molar-refractivity contribution is 5.98. The van der Waals surface area contributed by atoms with Crippen molar-refractivity contribution >= 4 is 17.5 Å². The summed E-state index contributed by atoms with van der Waals surface area (Å²) >= 11 is 0. The minimum atomic E-state index is -0.0505. The lowest BCUT2D eigenvalue weighted by atomic mass is 10.1.